The van der Waals surface area contributed by atoms with Crippen molar-refractivity contribution in [2.75, 3.05) is 13.7 Å². The summed E-state index contributed by atoms with van der Waals surface area (Å²) in [5, 5.41) is 11.3. The van der Waals surface area contributed by atoms with Crippen LogP contribution in [0.5, 0.6) is 0 Å². The normalized spacial score (nSPS) is 11.9. The Morgan fingerprint density at radius 2 is 2.17 bits per heavy atom. The molecule has 0 bridgehead atoms. The van der Waals surface area contributed by atoms with Crippen molar-refractivity contribution in [2.45, 2.75) is 13.0 Å². The van der Waals surface area contributed by atoms with Gasteiger partial charge in [0.05, 0.1) is 6.61 Å². The van der Waals surface area contributed by atoms with E-state index in [4.69, 9.17) is 9.84 Å². The first-order valence-electron chi connectivity index (χ1n) is 5.24. The van der Waals surface area contributed by atoms with Gasteiger partial charge in [-0.05, 0) is 30.7 Å². The summed E-state index contributed by atoms with van der Waals surface area (Å²) in [7, 11) is 1.38. The third kappa shape index (κ3) is 3.82. The highest BCUT2D eigenvalue weighted by molar-refractivity contribution is 9.10. The van der Waals surface area contributed by atoms with E-state index in [1.807, 2.05) is 0 Å². The molecule has 0 aliphatic rings. The van der Waals surface area contributed by atoms with E-state index in [0.29, 0.717) is 5.56 Å². The number of carbonyl (C=O) groups is 2. The number of aliphatic carboxylic acids is 1. The van der Waals surface area contributed by atoms with Crippen molar-refractivity contribution < 1.29 is 19.4 Å². The fourth-order valence-electron chi connectivity index (χ4n) is 1.46. The molecule has 0 radical (unpaired) electrons. The Morgan fingerprint density at radius 3 is 2.67 bits per heavy atom. The third-order valence-electron chi connectivity index (χ3n) is 2.37. The lowest BCUT2D eigenvalue weighted by molar-refractivity contribution is -0.140. The molecular formula is C12H14BrNO4. The second-order valence-corrected chi connectivity index (χ2v) is 4.69. The van der Waals surface area contributed by atoms with Gasteiger partial charge in [0, 0.05) is 17.1 Å². The molecule has 1 aromatic rings. The molecule has 0 saturated carbocycles. The van der Waals surface area contributed by atoms with E-state index < -0.39 is 17.9 Å². The molecule has 1 aromatic carbocycles. The molecule has 0 aromatic heterocycles. The second-order valence-electron chi connectivity index (χ2n) is 3.78. The maximum absolute atomic E-state index is 11.9. The minimum atomic E-state index is -1.13. The zero-order valence-corrected chi connectivity index (χ0v) is 11.7. The molecule has 5 nitrogen and oxygen atoms in total. The van der Waals surface area contributed by atoms with Crippen molar-refractivity contribution in [3.8, 4) is 0 Å². The predicted octanol–water partition coefficient (Wildman–Crippen LogP) is 1.59. The van der Waals surface area contributed by atoms with E-state index >= 15 is 0 Å². The van der Waals surface area contributed by atoms with Gasteiger partial charge in [0.2, 0.25) is 0 Å². The highest BCUT2D eigenvalue weighted by atomic mass is 79.9. The predicted molar refractivity (Wildman–Crippen MR) is 69.6 cm³/mol. The van der Waals surface area contributed by atoms with Crippen molar-refractivity contribution in [2.24, 2.45) is 0 Å². The average molecular weight is 316 g/mol. The highest BCUT2D eigenvalue weighted by Gasteiger charge is 2.21. The number of methoxy groups -OCH3 is 1. The zero-order chi connectivity index (χ0) is 13.7. The smallest absolute Gasteiger partial charge is 0.328 e. The number of amides is 1. The Balaban J connectivity index is 2.83. The van der Waals surface area contributed by atoms with Crippen molar-refractivity contribution >= 4 is 27.8 Å². The minimum Gasteiger partial charge on any atom is -0.480 e. The molecular weight excluding hydrogens is 302 g/mol. The topological polar surface area (TPSA) is 75.6 Å². The van der Waals surface area contributed by atoms with Gasteiger partial charge < -0.3 is 15.2 Å². The van der Waals surface area contributed by atoms with Gasteiger partial charge in [0.25, 0.3) is 5.91 Å². The molecule has 6 heteroatoms. The number of carboxylic acid groups (broad SMARTS) is 1. The van der Waals surface area contributed by atoms with Crippen LogP contribution in [0.25, 0.3) is 0 Å². The van der Waals surface area contributed by atoms with E-state index in [0.717, 1.165) is 10.0 Å². The van der Waals surface area contributed by atoms with Crippen molar-refractivity contribution in [3.63, 3.8) is 0 Å². The summed E-state index contributed by atoms with van der Waals surface area (Å²) in [5.41, 5.74) is 1.21. The molecule has 1 unspecified atom stereocenters. The molecule has 1 amide bonds. The number of rotatable bonds is 5. The largest absolute Gasteiger partial charge is 0.480 e. The van der Waals surface area contributed by atoms with Crippen LogP contribution in [0.2, 0.25) is 0 Å². The Bertz CT molecular complexity index is 461. The molecule has 0 heterocycles. The summed E-state index contributed by atoms with van der Waals surface area (Å²) >= 11 is 3.30. The lowest BCUT2D eigenvalue weighted by Crippen LogP contribution is -2.44. The number of nitrogens with one attached hydrogen (secondary N) is 1. The number of carboxylic acids is 1. The maximum atomic E-state index is 11.9. The minimum absolute atomic E-state index is 0.0728. The number of hydrogen-bond donors (Lipinski definition) is 2. The van der Waals surface area contributed by atoms with Crippen LogP contribution in [-0.4, -0.2) is 36.7 Å². The van der Waals surface area contributed by atoms with Gasteiger partial charge in [0.15, 0.2) is 6.04 Å². The lowest BCUT2D eigenvalue weighted by atomic mass is 10.1. The molecule has 2 N–H and O–H groups in total. The van der Waals surface area contributed by atoms with Crippen LogP contribution in [0.1, 0.15) is 15.9 Å². The molecule has 0 saturated heterocycles. The number of halogens is 1. The van der Waals surface area contributed by atoms with E-state index in [1.165, 1.54) is 7.11 Å². The number of carbonyl (C=O) groups excluding carboxylic acids is 1. The first-order valence-corrected chi connectivity index (χ1v) is 6.03. The van der Waals surface area contributed by atoms with Gasteiger partial charge >= 0.3 is 5.97 Å². The Morgan fingerprint density at radius 1 is 1.50 bits per heavy atom. The quantitative estimate of drug-likeness (QED) is 0.865. The Hall–Kier alpha value is -1.40. The van der Waals surface area contributed by atoms with Crippen LogP contribution >= 0.6 is 15.9 Å². The van der Waals surface area contributed by atoms with E-state index in [1.54, 1.807) is 25.1 Å². The van der Waals surface area contributed by atoms with Gasteiger partial charge in [-0.25, -0.2) is 4.79 Å². The summed E-state index contributed by atoms with van der Waals surface area (Å²) < 4.78 is 5.61. The van der Waals surface area contributed by atoms with Crippen LogP contribution in [0.4, 0.5) is 0 Å². The maximum Gasteiger partial charge on any atom is 0.328 e. The average Bonchev–Trinajstić information content (AvgIpc) is 2.27. The van der Waals surface area contributed by atoms with Crippen molar-refractivity contribution in [1.29, 1.82) is 0 Å². The molecule has 1 atom stereocenters. The SMILES string of the molecule is COCC(NC(=O)c1ccc(Br)cc1C)C(=O)O. The Kier molecular flexibility index (Phi) is 5.30. The summed E-state index contributed by atoms with van der Waals surface area (Å²) in [6.45, 7) is 1.71. The fourth-order valence-corrected chi connectivity index (χ4v) is 1.93. The van der Waals surface area contributed by atoms with Crippen LogP contribution in [0, 0.1) is 6.92 Å². The van der Waals surface area contributed by atoms with Crippen molar-refractivity contribution in [3.05, 3.63) is 33.8 Å². The van der Waals surface area contributed by atoms with E-state index in [9.17, 15) is 9.59 Å². The van der Waals surface area contributed by atoms with E-state index in [2.05, 4.69) is 21.2 Å². The van der Waals surface area contributed by atoms with Crippen molar-refractivity contribution in [1.82, 2.24) is 5.32 Å². The molecule has 0 aliphatic heterocycles. The van der Waals surface area contributed by atoms with Gasteiger partial charge in [-0.1, -0.05) is 15.9 Å². The molecule has 0 spiro atoms. The molecule has 1 rings (SSSR count). The third-order valence-corrected chi connectivity index (χ3v) is 2.86. The summed E-state index contributed by atoms with van der Waals surface area (Å²) in [5.74, 6) is -1.55. The summed E-state index contributed by atoms with van der Waals surface area (Å²) in [6.07, 6.45) is 0. The molecule has 18 heavy (non-hydrogen) atoms. The van der Waals surface area contributed by atoms with E-state index in [-0.39, 0.29) is 6.61 Å². The monoisotopic (exact) mass is 315 g/mol. The zero-order valence-electron chi connectivity index (χ0n) is 10.1. The van der Waals surface area contributed by atoms with Crippen LogP contribution < -0.4 is 5.32 Å². The summed E-state index contributed by atoms with van der Waals surface area (Å²) in [4.78, 5) is 22.8. The van der Waals surface area contributed by atoms with Crippen LogP contribution in [0.15, 0.2) is 22.7 Å². The standard InChI is InChI=1S/C12H14BrNO4/c1-7-5-8(13)3-4-9(7)11(15)14-10(6-18-2)12(16)17/h3-5,10H,6H2,1-2H3,(H,14,15)(H,16,17). The molecule has 0 fully saturated rings. The van der Waals surface area contributed by atoms with Gasteiger partial charge in [-0.15, -0.1) is 0 Å². The van der Waals surface area contributed by atoms with Crippen LogP contribution in [0.3, 0.4) is 0 Å². The second kappa shape index (κ2) is 6.51. The number of ether oxygens (including phenoxy) is 1. The first-order chi connectivity index (χ1) is 8.45. The van der Waals surface area contributed by atoms with Gasteiger partial charge in [0.1, 0.15) is 0 Å². The number of benzene rings is 1. The fraction of sp³-hybridized carbons (Fsp3) is 0.333. The number of hydrogen-bond acceptors (Lipinski definition) is 3. The lowest BCUT2D eigenvalue weighted by Gasteiger charge is -2.14. The highest BCUT2D eigenvalue weighted by Crippen LogP contribution is 2.15. The molecule has 0 aliphatic carbocycles. The Labute approximate surface area is 113 Å². The number of aryl methyl sites for hydroxylation is 1. The molecule has 98 valence electrons. The van der Waals surface area contributed by atoms with Crippen LogP contribution in [-0.2, 0) is 9.53 Å². The first kappa shape index (κ1) is 14.7. The summed E-state index contributed by atoms with van der Waals surface area (Å²) in [6, 6.07) is 4.11. The van der Waals surface area contributed by atoms with Gasteiger partial charge in [-0.2, -0.15) is 0 Å². The van der Waals surface area contributed by atoms with Gasteiger partial charge in [-0.3, -0.25) is 4.79 Å².